The van der Waals surface area contributed by atoms with Crippen molar-refractivity contribution in [3.05, 3.63) is 58.9 Å². The molecule has 0 fully saturated rings. The molecule has 0 radical (unpaired) electrons. The van der Waals surface area contributed by atoms with E-state index in [0.717, 1.165) is 6.42 Å². The largest absolute Gasteiger partial charge is 0.0917 e. The molecule has 1 aromatic heterocycles. The second-order valence-electron chi connectivity index (χ2n) is 4.21. The molecule has 1 aromatic carbocycles. The molecule has 16 heavy (non-hydrogen) atoms. The fraction of sp³-hybridized carbons (Fsp3) is 0.133. The van der Waals surface area contributed by atoms with Gasteiger partial charge in [-0.2, -0.15) is 0 Å². The summed E-state index contributed by atoms with van der Waals surface area (Å²) < 4.78 is 0. The third-order valence-electron chi connectivity index (χ3n) is 3.23. The Morgan fingerprint density at radius 3 is 2.75 bits per heavy atom. The summed E-state index contributed by atoms with van der Waals surface area (Å²) in [6.45, 7) is 2.12. The molecule has 0 saturated carbocycles. The predicted octanol–water partition coefficient (Wildman–Crippen LogP) is 3.77. The van der Waals surface area contributed by atoms with E-state index in [1.807, 2.05) is 0 Å². The molecule has 1 aliphatic carbocycles. The highest BCUT2D eigenvalue weighted by Crippen LogP contribution is 2.35. The maximum absolute atomic E-state index is 2.38. The summed E-state index contributed by atoms with van der Waals surface area (Å²) in [4.78, 5) is 0. The molecule has 0 nitrogen and oxygen atoms in total. The van der Waals surface area contributed by atoms with Gasteiger partial charge in [-0.1, -0.05) is 53.9 Å². The minimum atomic E-state index is -0.554. The van der Waals surface area contributed by atoms with Crippen molar-refractivity contribution < 1.29 is 0 Å². The Bertz CT molecular complexity index is 567. The molecule has 0 atom stereocenters. The fourth-order valence-electron chi connectivity index (χ4n) is 2.52. The lowest BCUT2D eigenvalue weighted by molar-refractivity contribution is 1.30. The normalized spacial score (nSPS) is 12.8. The van der Waals surface area contributed by atoms with E-state index >= 15 is 0 Å². The van der Waals surface area contributed by atoms with E-state index in [1.54, 1.807) is 5.17 Å². The van der Waals surface area contributed by atoms with Gasteiger partial charge in [0.1, 0.15) is 0 Å². The molecule has 0 unspecified atom stereocenters. The minimum absolute atomic E-state index is 0.554. The zero-order valence-electron chi connectivity index (χ0n) is 9.40. The van der Waals surface area contributed by atoms with Gasteiger partial charge in [-0.15, -0.1) is 0 Å². The minimum Gasteiger partial charge on any atom is -0.0917 e. The first-order valence-electron chi connectivity index (χ1n) is 5.73. The molecule has 2 aromatic rings. The number of hydrogen-bond donors (Lipinski definition) is 0. The average molecular weight is 222 g/mol. The van der Waals surface area contributed by atoms with Crippen LogP contribution < -0.4 is 0 Å². The SMILES string of the molecule is CC=C[si]1cccc2c1Cc1ccccc1-2. The van der Waals surface area contributed by atoms with Crippen molar-refractivity contribution >= 4 is 14.1 Å². The van der Waals surface area contributed by atoms with Gasteiger partial charge in [0, 0.05) is 0 Å². The van der Waals surface area contributed by atoms with Crippen molar-refractivity contribution in [2.24, 2.45) is 0 Å². The molecule has 3 rings (SSSR count). The van der Waals surface area contributed by atoms with Crippen molar-refractivity contribution in [1.29, 1.82) is 0 Å². The van der Waals surface area contributed by atoms with Crippen molar-refractivity contribution in [1.82, 2.24) is 0 Å². The number of rotatable bonds is 1. The predicted molar refractivity (Wildman–Crippen MR) is 71.6 cm³/mol. The first-order chi connectivity index (χ1) is 7.90. The highest BCUT2D eigenvalue weighted by Gasteiger charge is 2.18. The summed E-state index contributed by atoms with van der Waals surface area (Å²) >= 11 is 0. The molecule has 1 aliphatic rings. The molecular weight excluding hydrogens is 208 g/mol. The van der Waals surface area contributed by atoms with Gasteiger partial charge in [0.05, 0.1) is 8.40 Å². The average Bonchev–Trinajstić information content (AvgIpc) is 2.69. The van der Waals surface area contributed by atoms with Crippen molar-refractivity contribution in [3.63, 3.8) is 0 Å². The molecule has 0 amide bonds. The molecule has 0 saturated heterocycles. The van der Waals surface area contributed by atoms with E-state index in [2.05, 4.69) is 60.8 Å². The number of allylic oxidation sites excluding steroid dienone is 1. The van der Waals surface area contributed by atoms with E-state index in [4.69, 9.17) is 0 Å². The van der Waals surface area contributed by atoms with Gasteiger partial charge in [0.2, 0.25) is 0 Å². The first kappa shape index (κ1) is 9.73. The maximum atomic E-state index is 2.38. The van der Waals surface area contributed by atoms with Crippen LogP contribution in [-0.4, -0.2) is 8.40 Å². The molecular formula is C15H14Si. The lowest BCUT2D eigenvalue weighted by Crippen LogP contribution is -1.98. The van der Waals surface area contributed by atoms with E-state index in [0.29, 0.717) is 0 Å². The molecule has 1 heteroatoms. The van der Waals surface area contributed by atoms with E-state index < -0.39 is 8.40 Å². The molecule has 0 bridgehead atoms. The van der Waals surface area contributed by atoms with Crippen LogP contribution in [0.5, 0.6) is 0 Å². The zero-order chi connectivity index (χ0) is 11.0. The summed E-state index contributed by atoms with van der Waals surface area (Å²) in [5, 5.41) is 1.66. The van der Waals surface area contributed by atoms with Crippen LogP contribution in [0.2, 0.25) is 0 Å². The monoisotopic (exact) mass is 222 g/mol. The maximum Gasteiger partial charge on any atom is 0.0686 e. The van der Waals surface area contributed by atoms with Crippen molar-refractivity contribution in [3.8, 4) is 11.1 Å². The molecule has 0 spiro atoms. The third kappa shape index (κ3) is 1.40. The Morgan fingerprint density at radius 2 is 1.88 bits per heavy atom. The Morgan fingerprint density at radius 1 is 1.06 bits per heavy atom. The van der Waals surface area contributed by atoms with Gasteiger partial charge in [-0.25, -0.2) is 0 Å². The molecule has 0 aliphatic heterocycles. The fourth-order valence-corrected chi connectivity index (χ4v) is 4.62. The highest BCUT2D eigenvalue weighted by atomic mass is 28.2. The van der Waals surface area contributed by atoms with Crippen molar-refractivity contribution in [2.45, 2.75) is 13.3 Å². The summed E-state index contributed by atoms with van der Waals surface area (Å²) in [6.07, 6.45) is 3.35. The number of hydrogen-bond acceptors (Lipinski definition) is 0. The standard InChI is InChI=1S/C15H14Si/c1-2-9-16-10-5-8-14-13-7-4-3-6-12(13)11-15(14)16/h2-10H,11H2,1H3. The van der Waals surface area contributed by atoms with Crippen LogP contribution in [-0.2, 0) is 6.42 Å². The van der Waals surface area contributed by atoms with Gasteiger partial charge in [0.25, 0.3) is 0 Å². The van der Waals surface area contributed by atoms with Crippen LogP contribution in [0, 0.1) is 0 Å². The Kier molecular flexibility index (Phi) is 2.33. The third-order valence-corrected chi connectivity index (χ3v) is 5.62. The second-order valence-corrected chi connectivity index (χ2v) is 6.39. The van der Waals surface area contributed by atoms with Crippen LogP contribution in [0.25, 0.3) is 16.8 Å². The quantitative estimate of drug-likeness (QED) is 0.550. The van der Waals surface area contributed by atoms with Crippen LogP contribution >= 0.6 is 0 Å². The van der Waals surface area contributed by atoms with Crippen LogP contribution in [0.15, 0.2) is 48.2 Å². The lowest BCUT2D eigenvalue weighted by Gasteiger charge is -2.02. The summed E-state index contributed by atoms with van der Waals surface area (Å²) in [7, 11) is -0.554. The number of fused-ring (bicyclic) bond motifs is 3. The van der Waals surface area contributed by atoms with Gasteiger partial charge < -0.3 is 0 Å². The molecule has 0 N–H and O–H groups in total. The van der Waals surface area contributed by atoms with Crippen LogP contribution in [0.3, 0.4) is 0 Å². The van der Waals surface area contributed by atoms with E-state index in [9.17, 15) is 0 Å². The Labute approximate surface area is 97.8 Å². The zero-order valence-corrected chi connectivity index (χ0v) is 10.4. The van der Waals surface area contributed by atoms with Crippen LogP contribution in [0.4, 0.5) is 0 Å². The summed E-state index contributed by atoms with van der Waals surface area (Å²) in [5.74, 6) is 0. The van der Waals surface area contributed by atoms with Gasteiger partial charge in [-0.05, 0) is 35.2 Å². The van der Waals surface area contributed by atoms with Crippen molar-refractivity contribution in [2.75, 3.05) is 0 Å². The van der Waals surface area contributed by atoms with E-state index in [-0.39, 0.29) is 0 Å². The van der Waals surface area contributed by atoms with Crippen LogP contribution in [0.1, 0.15) is 17.7 Å². The lowest BCUT2D eigenvalue weighted by atomic mass is 10.1. The Hall–Kier alpha value is -1.47. The Balaban J connectivity index is 2.23. The topological polar surface area (TPSA) is 0 Å². The summed E-state index contributed by atoms with van der Waals surface area (Å²) in [5.41, 5.74) is 9.21. The highest BCUT2D eigenvalue weighted by molar-refractivity contribution is 6.69. The summed E-state index contributed by atoms with van der Waals surface area (Å²) in [6, 6.07) is 13.3. The first-order valence-corrected chi connectivity index (χ1v) is 7.38. The van der Waals surface area contributed by atoms with E-state index in [1.165, 1.54) is 16.7 Å². The number of benzene rings is 1. The second kappa shape index (κ2) is 3.83. The van der Waals surface area contributed by atoms with Gasteiger partial charge in [0.15, 0.2) is 0 Å². The molecule has 1 heterocycles. The van der Waals surface area contributed by atoms with Gasteiger partial charge in [-0.3, -0.25) is 0 Å². The smallest absolute Gasteiger partial charge is 0.0686 e. The molecule has 78 valence electrons. The van der Waals surface area contributed by atoms with Gasteiger partial charge >= 0.3 is 0 Å².